The minimum atomic E-state index is -0.780. The smallest absolute Gasteiger partial charge is 0.375 e. The maximum absolute atomic E-state index is 12.5. The molecule has 3 amide bonds. The van der Waals surface area contributed by atoms with Crippen LogP contribution in [0.15, 0.2) is 28.7 Å². The number of hydrogen-bond donors (Lipinski definition) is 2. The maximum Gasteiger partial charge on any atom is 0.375 e. The molecule has 1 aliphatic carbocycles. The number of ether oxygens (including phenoxy) is 2. The third-order valence-corrected chi connectivity index (χ3v) is 5.35. The lowest BCUT2D eigenvalue weighted by molar-refractivity contribution is -0.123. The number of hydrogen-bond acceptors (Lipinski definition) is 6. The second kappa shape index (κ2) is 10.2. The molecule has 0 spiro atoms. The molecule has 8 heteroatoms. The molecule has 8 nitrogen and oxygen atoms in total. The third-order valence-electron chi connectivity index (χ3n) is 5.35. The Kier molecular flexibility index (Phi) is 7.46. The zero-order valence-corrected chi connectivity index (χ0v) is 17.4. The van der Waals surface area contributed by atoms with Crippen molar-refractivity contribution in [3.63, 3.8) is 0 Å². The fourth-order valence-electron chi connectivity index (χ4n) is 3.71. The van der Waals surface area contributed by atoms with Crippen LogP contribution in [0.2, 0.25) is 0 Å². The van der Waals surface area contributed by atoms with E-state index < -0.39 is 24.5 Å². The van der Waals surface area contributed by atoms with E-state index in [-0.39, 0.29) is 18.4 Å². The van der Waals surface area contributed by atoms with Gasteiger partial charge in [0.2, 0.25) is 5.76 Å². The molecule has 162 valence electrons. The molecule has 2 unspecified atom stereocenters. The number of furan rings is 1. The van der Waals surface area contributed by atoms with Gasteiger partial charge in [-0.2, -0.15) is 0 Å². The molecule has 2 aromatic rings. The van der Waals surface area contributed by atoms with Gasteiger partial charge in [0, 0.05) is 23.6 Å². The molecule has 2 atom stereocenters. The number of nitrogens with one attached hydrogen (secondary N) is 2. The predicted octanol–water partition coefficient (Wildman–Crippen LogP) is 3.53. The second-order valence-corrected chi connectivity index (χ2v) is 7.51. The van der Waals surface area contributed by atoms with Crippen LogP contribution in [0.25, 0.3) is 11.0 Å². The van der Waals surface area contributed by atoms with Gasteiger partial charge in [-0.05, 0) is 31.7 Å². The molecule has 3 rings (SSSR count). The molecule has 0 radical (unpaired) electrons. The van der Waals surface area contributed by atoms with Gasteiger partial charge in [0.05, 0.1) is 6.61 Å². The first-order chi connectivity index (χ1) is 14.5. The van der Waals surface area contributed by atoms with E-state index in [0.29, 0.717) is 23.7 Å². The summed E-state index contributed by atoms with van der Waals surface area (Å²) >= 11 is 0. The van der Waals surface area contributed by atoms with Gasteiger partial charge in [0.1, 0.15) is 5.58 Å². The van der Waals surface area contributed by atoms with Crippen LogP contribution in [0.4, 0.5) is 4.79 Å². The molecular formula is C22H28N2O6. The summed E-state index contributed by atoms with van der Waals surface area (Å²) in [5.41, 5.74) is 1.10. The monoisotopic (exact) mass is 416 g/mol. The minimum Gasteiger partial charge on any atom is -0.450 e. The van der Waals surface area contributed by atoms with Crippen LogP contribution in [-0.2, 0) is 20.9 Å². The molecule has 1 fully saturated rings. The molecule has 1 aromatic heterocycles. The van der Waals surface area contributed by atoms with Crippen molar-refractivity contribution in [3.05, 3.63) is 35.6 Å². The van der Waals surface area contributed by atoms with Crippen LogP contribution in [0.1, 0.15) is 55.6 Å². The molecule has 2 N–H and O–H groups in total. The minimum absolute atomic E-state index is 0.00191. The van der Waals surface area contributed by atoms with Crippen molar-refractivity contribution < 1.29 is 28.3 Å². The molecule has 30 heavy (non-hydrogen) atoms. The fourth-order valence-corrected chi connectivity index (χ4v) is 3.71. The highest BCUT2D eigenvalue weighted by atomic mass is 16.5. The number of benzene rings is 1. The van der Waals surface area contributed by atoms with Crippen LogP contribution in [0.5, 0.6) is 0 Å². The number of carbonyl (C=O) groups excluding carboxylic acids is 3. The largest absolute Gasteiger partial charge is 0.450 e. The van der Waals surface area contributed by atoms with E-state index in [1.165, 1.54) is 0 Å². The Morgan fingerprint density at radius 2 is 1.93 bits per heavy atom. The first kappa shape index (κ1) is 21.8. The number of amides is 3. The van der Waals surface area contributed by atoms with Crippen molar-refractivity contribution in [1.82, 2.24) is 10.6 Å². The van der Waals surface area contributed by atoms with Crippen LogP contribution in [-0.4, -0.2) is 37.2 Å². The number of imide groups is 1. The lowest BCUT2D eigenvalue weighted by Crippen LogP contribution is -2.48. The van der Waals surface area contributed by atoms with E-state index in [0.717, 1.165) is 31.1 Å². The van der Waals surface area contributed by atoms with Crippen molar-refractivity contribution in [2.75, 3.05) is 13.2 Å². The van der Waals surface area contributed by atoms with Gasteiger partial charge in [-0.3, -0.25) is 10.1 Å². The van der Waals surface area contributed by atoms with E-state index in [1.807, 2.05) is 19.1 Å². The Bertz CT molecular complexity index is 906. The van der Waals surface area contributed by atoms with Gasteiger partial charge in [0.15, 0.2) is 6.61 Å². The van der Waals surface area contributed by atoms with E-state index >= 15 is 0 Å². The number of urea groups is 1. The summed E-state index contributed by atoms with van der Waals surface area (Å²) in [5, 5.41) is 5.78. The van der Waals surface area contributed by atoms with Gasteiger partial charge in [-0.1, -0.05) is 38.0 Å². The first-order valence-corrected chi connectivity index (χ1v) is 10.3. The van der Waals surface area contributed by atoms with Gasteiger partial charge in [-0.15, -0.1) is 0 Å². The lowest BCUT2D eigenvalue weighted by atomic mass is 9.86. The molecule has 1 aromatic carbocycles. The van der Waals surface area contributed by atoms with Crippen molar-refractivity contribution in [2.45, 2.75) is 52.2 Å². The zero-order chi connectivity index (χ0) is 21.5. The van der Waals surface area contributed by atoms with Gasteiger partial charge in [-0.25, -0.2) is 9.59 Å². The Balaban J connectivity index is 1.56. The molecule has 1 aliphatic rings. The molecule has 1 saturated carbocycles. The van der Waals surface area contributed by atoms with Crippen LogP contribution >= 0.6 is 0 Å². The summed E-state index contributed by atoms with van der Waals surface area (Å²) in [6.45, 7) is 4.01. The van der Waals surface area contributed by atoms with E-state index in [1.54, 1.807) is 12.1 Å². The normalized spacial score (nSPS) is 18.7. The summed E-state index contributed by atoms with van der Waals surface area (Å²) in [6.07, 6.45) is 4.16. The summed E-state index contributed by atoms with van der Waals surface area (Å²) in [6, 6.07) is 6.67. The number of fused-ring (bicyclic) bond motifs is 1. The Morgan fingerprint density at radius 1 is 1.17 bits per heavy atom. The van der Waals surface area contributed by atoms with Crippen molar-refractivity contribution in [2.24, 2.45) is 5.92 Å². The molecule has 0 bridgehead atoms. The Hall–Kier alpha value is -2.87. The number of carbonyl (C=O) groups is 3. The second-order valence-electron chi connectivity index (χ2n) is 7.51. The Morgan fingerprint density at radius 3 is 2.70 bits per heavy atom. The van der Waals surface area contributed by atoms with E-state index in [2.05, 4.69) is 17.6 Å². The Labute approximate surface area is 175 Å². The SMILES string of the molecule is CCOCc1c(C(=O)OCC(=O)NC(=O)NC2CCCCC2C)oc2ccccc12. The topological polar surface area (TPSA) is 107 Å². The first-order valence-electron chi connectivity index (χ1n) is 10.3. The van der Waals surface area contributed by atoms with Crippen molar-refractivity contribution in [1.29, 1.82) is 0 Å². The number of rotatable bonds is 7. The van der Waals surface area contributed by atoms with Gasteiger partial charge < -0.3 is 19.2 Å². The lowest BCUT2D eigenvalue weighted by Gasteiger charge is -2.29. The predicted molar refractivity (Wildman–Crippen MR) is 110 cm³/mol. The highest BCUT2D eigenvalue weighted by Crippen LogP contribution is 2.27. The third kappa shape index (κ3) is 5.38. The molecule has 1 heterocycles. The van der Waals surface area contributed by atoms with E-state index in [9.17, 15) is 14.4 Å². The van der Waals surface area contributed by atoms with Gasteiger partial charge >= 0.3 is 12.0 Å². The maximum atomic E-state index is 12.5. The summed E-state index contributed by atoms with van der Waals surface area (Å²) in [5.74, 6) is -1.11. The number of para-hydroxylation sites is 1. The van der Waals surface area contributed by atoms with Crippen LogP contribution in [0.3, 0.4) is 0 Å². The van der Waals surface area contributed by atoms with E-state index in [4.69, 9.17) is 13.9 Å². The summed E-state index contributed by atoms with van der Waals surface area (Å²) in [4.78, 5) is 36.6. The highest BCUT2D eigenvalue weighted by Gasteiger charge is 2.25. The molecular weight excluding hydrogens is 388 g/mol. The summed E-state index contributed by atoms with van der Waals surface area (Å²) in [7, 11) is 0. The standard InChI is InChI=1S/C22H28N2O6/c1-3-28-12-16-15-9-5-7-11-18(15)30-20(16)21(26)29-13-19(25)24-22(27)23-17-10-6-4-8-14(17)2/h5,7,9,11,14,17H,3-4,6,8,10,12-13H2,1-2H3,(H2,23,24,25,27). The van der Waals surface area contributed by atoms with Crippen LogP contribution in [0, 0.1) is 5.92 Å². The molecule has 0 aliphatic heterocycles. The summed E-state index contributed by atoms with van der Waals surface area (Å²) < 4.78 is 16.1. The number of esters is 1. The van der Waals surface area contributed by atoms with Gasteiger partial charge in [0.25, 0.3) is 5.91 Å². The van der Waals surface area contributed by atoms with Crippen molar-refractivity contribution in [3.8, 4) is 0 Å². The highest BCUT2D eigenvalue weighted by molar-refractivity contribution is 5.99. The zero-order valence-electron chi connectivity index (χ0n) is 17.4. The van der Waals surface area contributed by atoms with Crippen LogP contribution < -0.4 is 10.6 Å². The fraction of sp³-hybridized carbons (Fsp3) is 0.500. The average Bonchev–Trinajstić information content (AvgIpc) is 3.10. The average molecular weight is 416 g/mol. The molecule has 0 saturated heterocycles. The van der Waals surface area contributed by atoms with Crippen molar-refractivity contribution >= 4 is 28.9 Å². The quantitative estimate of drug-likeness (QED) is 0.669.